The third-order valence-corrected chi connectivity index (χ3v) is 8.24. The van der Waals surface area contributed by atoms with Crippen LogP contribution in [0.15, 0.2) is 47.4 Å². The summed E-state index contributed by atoms with van der Waals surface area (Å²) in [6.45, 7) is 6.65. The maximum atomic E-state index is 13.1. The first-order chi connectivity index (χ1) is 14.9. The lowest BCUT2D eigenvalue weighted by Gasteiger charge is -2.25. The highest BCUT2D eigenvalue weighted by Gasteiger charge is 2.26. The summed E-state index contributed by atoms with van der Waals surface area (Å²) in [7, 11) is -3.48. The van der Waals surface area contributed by atoms with E-state index >= 15 is 0 Å². The van der Waals surface area contributed by atoms with Gasteiger partial charge in [0, 0.05) is 30.7 Å². The molecule has 0 saturated carbocycles. The van der Waals surface area contributed by atoms with Crippen molar-refractivity contribution in [2.24, 2.45) is 0 Å². The van der Waals surface area contributed by atoms with Crippen LogP contribution in [0.5, 0.6) is 0 Å². The predicted molar refractivity (Wildman–Crippen MR) is 125 cm³/mol. The Balaban J connectivity index is 1.59. The molecule has 1 unspecified atom stereocenters. The summed E-state index contributed by atoms with van der Waals surface area (Å²) in [5.41, 5.74) is 2.70. The lowest BCUT2D eigenvalue weighted by Crippen LogP contribution is -2.35. The average Bonchev–Trinajstić information content (AvgIpc) is 3.15. The Bertz CT molecular complexity index is 1170. The van der Waals surface area contributed by atoms with E-state index in [1.165, 1.54) is 0 Å². The molecule has 3 aromatic rings. The molecule has 2 aromatic carbocycles. The minimum Gasteiger partial charge on any atom is -0.327 e. The molecule has 1 aromatic heterocycles. The van der Waals surface area contributed by atoms with E-state index in [1.54, 1.807) is 16.4 Å². The van der Waals surface area contributed by atoms with E-state index < -0.39 is 10.0 Å². The van der Waals surface area contributed by atoms with Crippen LogP contribution in [-0.4, -0.2) is 35.4 Å². The first-order valence-corrected chi connectivity index (χ1v) is 12.7. The van der Waals surface area contributed by atoms with Crippen molar-refractivity contribution in [1.82, 2.24) is 19.2 Å². The molecule has 1 N–H and O–H groups in total. The fourth-order valence-corrected chi connectivity index (χ4v) is 6.08. The minimum absolute atomic E-state index is 0.0638. The van der Waals surface area contributed by atoms with Gasteiger partial charge in [0.15, 0.2) is 0 Å². The summed E-state index contributed by atoms with van der Waals surface area (Å²) in [5, 5.41) is 4.23. The van der Waals surface area contributed by atoms with E-state index in [0.29, 0.717) is 30.0 Å². The van der Waals surface area contributed by atoms with Gasteiger partial charge in [0.25, 0.3) is 0 Å². The van der Waals surface area contributed by atoms with E-state index in [4.69, 9.17) is 16.6 Å². The number of hydrogen-bond donors (Lipinski definition) is 1. The Hall–Kier alpha value is -1.93. The summed E-state index contributed by atoms with van der Waals surface area (Å²) in [4.78, 5) is 5.10. The van der Waals surface area contributed by atoms with Crippen molar-refractivity contribution in [3.05, 3.63) is 58.9 Å². The molecule has 1 aliphatic heterocycles. The Kier molecular flexibility index (Phi) is 6.67. The molecule has 1 fully saturated rings. The van der Waals surface area contributed by atoms with Gasteiger partial charge in [-0.3, -0.25) is 0 Å². The second-order valence-electron chi connectivity index (χ2n) is 8.01. The van der Waals surface area contributed by atoms with Crippen molar-refractivity contribution in [2.75, 3.05) is 13.1 Å². The van der Waals surface area contributed by atoms with E-state index in [2.05, 4.69) is 23.7 Å². The number of aryl methyl sites for hydroxylation is 1. The molecule has 1 aliphatic rings. The molecule has 0 amide bonds. The Morgan fingerprint density at radius 3 is 2.58 bits per heavy atom. The van der Waals surface area contributed by atoms with Gasteiger partial charge in [0.2, 0.25) is 10.0 Å². The number of benzene rings is 2. The summed E-state index contributed by atoms with van der Waals surface area (Å²) in [6, 6.07) is 13.2. The Morgan fingerprint density at radius 2 is 1.87 bits per heavy atom. The van der Waals surface area contributed by atoms with E-state index in [-0.39, 0.29) is 6.04 Å². The molecule has 0 bridgehead atoms. The zero-order valence-electron chi connectivity index (χ0n) is 18.0. The number of nitrogens with one attached hydrogen (secondary N) is 1. The standard InChI is InChI=1S/C23H29ClN4O2S/c1-3-28-22-12-11-18(31(29,30)27-13-7-4-8-14-27)15-21(22)26-23(28)16-25-17(2)19-9-5-6-10-20(19)24/h5-6,9-12,15,17,25H,3-4,7-8,13-14,16H2,1-2H3. The third-order valence-electron chi connectivity index (χ3n) is 6.01. The fraction of sp³-hybridized carbons (Fsp3) is 0.435. The van der Waals surface area contributed by atoms with Crippen LogP contribution in [0.3, 0.4) is 0 Å². The van der Waals surface area contributed by atoms with Gasteiger partial charge in [-0.05, 0) is 56.5 Å². The highest BCUT2D eigenvalue weighted by atomic mass is 35.5. The number of fused-ring (bicyclic) bond motifs is 1. The van der Waals surface area contributed by atoms with Crippen molar-refractivity contribution >= 4 is 32.7 Å². The molecule has 0 radical (unpaired) electrons. The van der Waals surface area contributed by atoms with Crippen LogP contribution in [0.2, 0.25) is 5.02 Å². The number of rotatable bonds is 7. The maximum Gasteiger partial charge on any atom is 0.243 e. The normalized spacial score (nSPS) is 16.6. The Morgan fingerprint density at radius 1 is 1.13 bits per heavy atom. The average molecular weight is 461 g/mol. The molecule has 6 nitrogen and oxygen atoms in total. The van der Waals surface area contributed by atoms with Gasteiger partial charge >= 0.3 is 0 Å². The molecular weight excluding hydrogens is 432 g/mol. The van der Waals surface area contributed by atoms with Crippen molar-refractivity contribution in [3.63, 3.8) is 0 Å². The van der Waals surface area contributed by atoms with Crippen LogP contribution in [0, 0.1) is 0 Å². The summed E-state index contributed by atoms with van der Waals surface area (Å²) >= 11 is 6.33. The van der Waals surface area contributed by atoms with Gasteiger partial charge < -0.3 is 9.88 Å². The van der Waals surface area contributed by atoms with E-state index in [1.807, 2.05) is 30.3 Å². The number of hydrogen-bond acceptors (Lipinski definition) is 4. The highest BCUT2D eigenvalue weighted by molar-refractivity contribution is 7.89. The van der Waals surface area contributed by atoms with E-state index in [9.17, 15) is 8.42 Å². The fourth-order valence-electron chi connectivity index (χ4n) is 4.24. The molecule has 1 atom stereocenters. The summed E-state index contributed by atoms with van der Waals surface area (Å²) < 4.78 is 29.8. The topological polar surface area (TPSA) is 67.2 Å². The molecule has 1 saturated heterocycles. The smallest absolute Gasteiger partial charge is 0.243 e. The molecule has 4 rings (SSSR count). The summed E-state index contributed by atoms with van der Waals surface area (Å²) in [5.74, 6) is 0.879. The predicted octanol–water partition coefficient (Wildman–Crippen LogP) is 4.74. The number of aromatic nitrogens is 2. The van der Waals surface area contributed by atoms with Crippen LogP contribution in [0.25, 0.3) is 11.0 Å². The van der Waals surface area contributed by atoms with Gasteiger partial charge in [-0.2, -0.15) is 4.31 Å². The van der Waals surface area contributed by atoms with Crippen LogP contribution in [0.1, 0.15) is 50.5 Å². The minimum atomic E-state index is -3.48. The number of piperidine rings is 1. The first kappa shape index (κ1) is 22.3. The molecule has 0 spiro atoms. The number of sulfonamides is 1. The monoisotopic (exact) mass is 460 g/mol. The quantitative estimate of drug-likeness (QED) is 0.553. The van der Waals surface area contributed by atoms with Crippen molar-refractivity contribution in [2.45, 2.75) is 57.1 Å². The lowest BCUT2D eigenvalue weighted by molar-refractivity contribution is 0.346. The van der Waals surface area contributed by atoms with Crippen LogP contribution >= 0.6 is 11.6 Å². The van der Waals surface area contributed by atoms with Crippen LogP contribution in [0.4, 0.5) is 0 Å². The van der Waals surface area contributed by atoms with Gasteiger partial charge in [-0.1, -0.05) is 36.2 Å². The summed E-state index contributed by atoms with van der Waals surface area (Å²) in [6.07, 6.45) is 2.94. The van der Waals surface area contributed by atoms with Gasteiger partial charge in [-0.15, -0.1) is 0 Å². The number of imidazole rings is 1. The lowest BCUT2D eigenvalue weighted by atomic mass is 10.1. The first-order valence-electron chi connectivity index (χ1n) is 10.9. The molecule has 31 heavy (non-hydrogen) atoms. The van der Waals surface area contributed by atoms with Gasteiger partial charge in [-0.25, -0.2) is 13.4 Å². The van der Waals surface area contributed by atoms with Gasteiger partial charge in [0.05, 0.1) is 22.5 Å². The molecule has 0 aliphatic carbocycles. The second-order valence-corrected chi connectivity index (χ2v) is 10.4. The highest BCUT2D eigenvalue weighted by Crippen LogP contribution is 2.26. The largest absolute Gasteiger partial charge is 0.327 e. The van der Waals surface area contributed by atoms with E-state index in [0.717, 1.165) is 47.7 Å². The number of nitrogens with zero attached hydrogens (tertiary/aromatic N) is 3. The van der Waals surface area contributed by atoms with Crippen molar-refractivity contribution in [3.8, 4) is 0 Å². The zero-order chi connectivity index (χ0) is 22.0. The molecular formula is C23H29ClN4O2S. The van der Waals surface area contributed by atoms with Crippen LogP contribution in [-0.2, 0) is 23.1 Å². The Labute approximate surface area is 189 Å². The van der Waals surface area contributed by atoms with Gasteiger partial charge in [0.1, 0.15) is 5.82 Å². The third kappa shape index (κ3) is 4.51. The second kappa shape index (κ2) is 9.28. The van der Waals surface area contributed by atoms with Crippen molar-refractivity contribution < 1.29 is 8.42 Å². The molecule has 2 heterocycles. The molecule has 166 valence electrons. The van der Waals surface area contributed by atoms with Crippen LogP contribution < -0.4 is 5.32 Å². The maximum absolute atomic E-state index is 13.1. The van der Waals surface area contributed by atoms with Crippen molar-refractivity contribution in [1.29, 1.82) is 0 Å². The SMILES string of the molecule is CCn1c(CNC(C)c2ccccc2Cl)nc2cc(S(=O)(=O)N3CCCCC3)ccc21. The number of halogens is 1. The molecule has 8 heteroatoms. The zero-order valence-corrected chi connectivity index (χ0v) is 19.6.